The van der Waals surface area contributed by atoms with Crippen molar-refractivity contribution >= 4 is 37.0 Å². The average Bonchev–Trinajstić information content (AvgIpc) is 2.99. The van der Waals surface area contributed by atoms with Gasteiger partial charge in [-0.05, 0) is 11.5 Å². The predicted octanol–water partition coefficient (Wildman–Crippen LogP) is 4.27. The number of fused-ring (bicyclic) bond motifs is 6. The molecule has 0 bridgehead atoms. The summed E-state index contributed by atoms with van der Waals surface area (Å²) in [5, 5.41) is 2.71. The minimum absolute atomic E-state index is 0.274. The molecule has 94 valence electrons. The van der Waals surface area contributed by atoms with Crippen LogP contribution in [0, 0.1) is 11.9 Å². The van der Waals surface area contributed by atoms with E-state index < -0.39 is 0 Å². The molecule has 20 heavy (non-hydrogen) atoms. The van der Waals surface area contributed by atoms with Crippen molar-refractivity contribution in [3.63, 3.8) is 0 Å². The van der Waals surface area contributed by atoms with Gasteiger partial charge >= 0.3 is 27.0 Å². The molecule has 0 aliphatic heterocycles. The van der Waals surface area contributed by atoms with Crippen LogP contribution in [0.15, 0.2) is 48.8 Å². The van der Waals surface area contributed by atoms with Gasteiger partial charge in [0.15, 0.2) is 0 Å². The first-order valence-corrected chi connectivity index (χ1v) is 9.86. The number of benzene rings is 2. The second-order valence-corrected chi connectivity index (χ2v) is 4.24. The van der Waals surface area contributed by atoms with E-state index in [1.54, 1.807) is 12.3 Å². The van der Waals surface area contributed by atoms with Gasteiger partial charge in [0.1, 0.15) is 0 Å². The van der Waals surface area contributed by atoms with Crippen molar-refractivity contribution in [1.29, 1.82) is 0 Å². The van der Waals surface area contributed by atoms with E-state index in [4.69, 9.17) is 9.69 Å². The van der Waals surface area contributed by atoms with Crippen LogP contribution in [-0.2, 0) is 17.3 Å². The Hall–Kier alpha value is -1.51. The quantitative estimate of drug-likeness (QED) is 0.266. The van der Waals surface area contributed by atoms with Gasteiger partial charge in [0, 0.05) is 23.7 Å². The zero-order chi connectivity index (χ0) is 14.1. The molecule has 0 saturated heterocycles. The molecule has 0 aliphatic rings. The summed E-state index contributed by atoms with van der Waals surface area (Å²) in [4.78, 5) is 4.34. The van der Waals surface area contributed by atoms with Crippen molar-refractivity contribution in [2.45, 2.75) is 0 Å². The average molecular weight is 336 g/mol. The Morgan fingerprint density at radius 3 is 2.85 bits per heavy atom. The van der Waals surface area contributed by atoms with Crippen LogP contribution in [0.1, 0.15) is 0 Å². The van der Waals surface area contributed by atoms with Crippen molar-refractivity contribution in [3.05, 3.63) is 60.7 Å². The molecule has 0 unspecified atom stereocenters. The van der Waals surface area contributed by atoms with Crippen molar-refractivity contribution in [3.8, 4) is 0 Å². The van der Waals surface area contributed by atoms with Gasteiger partial charge in [0.25, 0.3) is 0 Å². The second kappa shape index (κ2) is 5.47. The number of para-hydroxylation sites is 1. The van der Waals surface area contributed by atoms with Gasteiger partial charge in [-0.3, -0.25) is 9.37 Å². The molecule has 0 saturated carbocycles. The van der Waals surface area contributed by atoms with E-state index in [0.29, 0.717) is 0 Å². The number of nitrogens with zero attached hydrogens (tertiary/aromatic N) is 2. The van der Waals surface area contributed by atoms with E-state index in [2.05, 4.69) is 11.1 Å². The number of hydrogen-bond donors (Lipinski definition) is 0. The Morgan fingerprint density at radius 2 is 2.00 bits per heavy atom. The summed E-state index contributed by atoms with van der Waals surface area (Å²) in [5.74, 6) is -0.274. The fraction of sp³-hybridized carbons (Fsp3) is 0. The summed E-state index contributed by atoms with van der Waals surface area (Å²) in [6, 6.07) is 13.8. The molecular weight excluding hydrogens is 328 g/mol. The number of rotatable bonds is 0. The van der Waals surface area contributed by atoms with Crippen molar-refractivity contribution < 1.29 is 21.7 Å². The van der Waals surface area contributed by atoms with Crippen LogP contribution in [0.5, 0.6) is 0 Å². The Morgan fingerprint density at radius 1 is 1.20 bits per heavy atom. The molecular formula is C15H8ClFN2Zn. The number of imidazole rings is 1. The molecule has 0 N–H and O–H groups in total. The van der Waals surface area contributed by atoms with Gasteiger partial charge in [-0.2, -0.15) is 0 Å². The summed E-state index contributed by atoms with van der Waals surface area (Å²) in [6.45, 7) is 0. The molecule has 0 aliphatic carbocycles. The SMILES string of the molecule is Fc1c[c-]c2c(c1)c1ccccc1n1ccnc21.[Cl][Zn+]. The number of halogens is 2. The van der Waals surface area contributed by atoms with Crippen molar-refractivity contribution in [2.24, 2.45) is 0 Å². The van der Waals surface area contributed by atoms with Crippen LogP contribution < -0.4 is 0 Å². The first kappa shape index (κ1) is 13.5. The first-order valence-electron chi connectivity index (χ1n) is 5.96. The van der Waals surface area contributed by atoms with Gasteiger partial charge in [-0.25, -0.2) is 0 Å². The normalized spacial score (nSPS) is 10.8. The topological polar surface area (TPSA) is 17.3 Å². The summed E-state index contributed by atoms with van der Waals surface area (Å²) in [7, 11) is 4.76. The van der Waals surface area contributed by atoms with Gasteiger partial charge < -0.3 is 4.40 Å². The molecule has 0 atom stereocenters. The number of aromatic nitrogens is 2. The van der Waals surface area contributed by atoms with E-state index in [0.717, 1.165) is 44.6 Å². The Kier molecular flexibility index (Phi) is 3.69. The predicted molar refractivity (Wildman–Crippen MR) is 74.9 cm³/mol. The second-order valence-electron chi connectivity index (χ2n) is 4.24. The number of hydrogen-bond acceptors (Lipinski definition) is 1. The minimum atomic E-state index is -0.274. The third-order valence-corrected chi connectivity index (χ3v) is 3.22. The van der Waals surface area contributed by atoms with Gasteiger partial charge in [0.05, 0.1) is 5.65 Å². The number of pyridine rings is 1. The van der Waals surface area contributed by atoms with Gasteiger partial charge in [0.2, 0.25) is 0 Å². The summed E-state index contributed by atoms with van der Waals surface area (Å²) in [6.07, 6.45) is 3.66. The van der Waals surface area contributed by atoms with E-state index in [9.17, 15) is 4.39 Å². The first-order chi connectivity index (χ1) is 9.84. The van der Waals surface area contributed by atoms with Crippen LogP contribution in [0.4, 0.5) is 4.39 Å². The van der Waals surface area contributed by atoms with Gasteiger partial charge in [-0.1, -0.05) is 29.0 Å². The van der Waals surface area contributed by atoms with Crippen LogP contribution in [0.25, 0.3) is 27.3 Å². The standard InChI is InChI=1S/C15H8FN2.ClH.Zn/c16-10-5-6-12-13(9-10)11-3-1-2-4-14(11)18-8-7-17-15(12)18;;/h1-5,7-9H;1H;/q-1;;+2/p-1. The fourth-order valence-corrected chi connectivity index (χ4v) is 2.46. The van der Waals surface area contributed by atoms with E-state index in [-0.39, 0.29) is 5.82 Å². The molecule has 5 heteroatoms. The third-order valence-electron chi connectivity index (χ3n) is 3.22. The summed E-state index contributed by atoms with van der Waals surface area (Å²) < 4.78 is 15.4. The third kappa shape index (κ3) is 2.00. The fourth-order valence-electron chi connectivity index (χ4n) is 2.46. The maximum absolute atomic E-state index is 13.4. The Labute approximate surface area is 128 Å². The van der Waals surface area contributed by atoms with Gasteiger partial charge in [-0.15, -0.1) is 18.2 Å². The molecule has 2 aromatic heterocycles. The molecule has 0 radical (unpaired) electrons. The molecule has 4 aromatic rings. The van der Waals surface area contributed by atoms with E-state index in [1.165, 1.54) is 6.07 Å². The van der Waals surface area contributed by atoms with E-state index >= 15 is 0 Å². The zero-order valence-corrected chi connectivity index (χ0v) is 14.2. The van der Waals surface area contributed by atoms with E-state index in [1.807, 2.05) is 34.9 Å². The zero-order valence-electron chi connectivity index (χ0n) is 10.5. The molecule has 2 aromatic carbocycles. The Balaban J connectivity index is 0.000000581. The molecule has 0 fully saturated rings. The molecule has 2 heterocycles. The van der Waals surface area contributed by atoms with Crippen LogP contribution in [-0.4, -0.2) is 9.38 Å². The summed E-state index contributed by atoms with van der Waals surface area (Å²) in [5.41, 5.74) is 1.83. The molecule has 0 spiro atoms. The molecule has 2 nitrogen and oxygen atoms in total. The van der Waals surface area contributed by atoms with Crippen molar-refractivity contribution in [1.82, 2.24) is 9.38 Å². The molecule has 4 rings (SSSR count). The maximum atomic E-state index is 13.4. The van der Waals surface area contributed by atoms with Crippen LogP contribution in [0.2, 0.25) is 0 Å². The van der Waals surface area contributed by atoms with Crippen LogP contribution in [0.3, 0.4) is 0 Å². The summed E-state index contributed by atoms with van der Waals surface area (Å²) >= 11 is 0.847. The Bertz CT molecular complexity index is 904. The monoisotopic (exact) mass is 334 g/mol. The molecule has 0 amide bonds. The van der Waals surface area contributed by atoms with Crippen molar-refractivity contribution in [2.75, 3.05) is 0 Å². The van der Waals surface area contributed by atoms with Crippen LogP contribution >= 0.6 is 9.69 Å².